The Morgan fingerprint density at radius 3 is 2.52 bits per heavy atom. The number of rotatable bonds is 5. The zero-order valence-corrected chi connectivity index (χ0v) is 16.5. The van der Waals surface area contributed by atoms with Crippen molar-refractivity contribution in [1.82, 2.24) is 9.62 Å². The van der Waals surface area contributed by atoms with Crippen molar-refractivity contribution in [2.45, 2.75) is 30.0 Å². The lowest BCUT2D eigenvalue weighted by Crippen LogP contribution is -2.46. The van der Waals surface area contributed by atoms with Gasteiger partial charge in [0.05, 0.1) is 0 Å². The van der Waals surface area contributed by atoms with Crippen LogP contribution < -0.4 is 10.6 Å². The summed E-state index contributed by atoms with van der Waals surface area (Å²) in [6, 6.07) is 9.96. The normalized spacial score (nSPS) is 16.0. The van der Waals surface area contributed by atoms with Gasteiger partial charge in [-0.3, -0.25) is 9.59 Å². The number of anilines is 1. The van der Waals surface area contributed by atoms with Crippen molar-refractivity contribution in [1.29, 1.82) is 0 Å². The maximum absolute atomic E-state index is 12.5. The number of nitrogens with zero attached hydrogens (tertiary/aromatic N) is 1. The van der Waals surface area contributed by atoms with Crippen molar-refractivity contribution in [3.05, 3.63) is 47.3 Å². The number of piperidine rings is 1. The average Bonchev–Trinajstić information content (AvgIpc) is 3.17. The summed E-state index contributed by atoms with van der Waals surface area (Å²) in [6.07, 6.45) is 1.11. The molecule has 1 aliphatic heterocycles. The average molecular weight is 408 g/mol. The van der Waals surface area contributed by atoms with E-state index >= 15 is 0 Å². The number of nitrogens with one attached hydrogen (secondary N) is 2. The summed E-state index contributed by atoms with van der Waals surface area (Å²) in [5, 5.41) is 7.35. The molecule has 3 rings (SSSR count). The molecule has 144 valence electrons. The highest BCUT2D eigenvalue weighted by molar-refractivity contribution is 7.91. The predicted octanol–water partition coefficient (Wildman–Crippen LogP) is 2.29. The van der Waals surface area contributed by atoms with Gasteiger partial charge < -0.3 is 10.6 Å². The van der Waals surface area contributed by atoms with Crippen LogP contribution in [0.5, 0.6) is 0 Å². The Kier molecular flexibility index (Phi) is 5.93. The molecule has 1 aromatic carbocycles. The van der Waals surface area contributed by atoms with E-state index in [9.17, 15) is 18.0 Å². The van der Waals surface area contributed by atoms with Crippen LogP contribution in [0.25, 0.3) is 0 Å². The van der Waals surface area contributed by atoms with Crippen LogP contribution in [0.3, 0.4) is 0 Å². The van der Waals surface area contributed by atoms with Crippen LogP contribution in [0.2, 0.25) is 0 Å². The Balaban J connectivity index is 1.58. The van der Waals surface area contributed by atoms with Crippen LogP contribution in [-0.2, 0) is 14.8 Å². The van der Waals surface area contributed by atoms with Gasteiger partial charge in [-0.1, -0.05) is 12.1 Å². The highest BCUT2D eigenvalue weighted by Gasteiger charge is 2.30. The lowest BCUT2D eigenvalue weighted by Gasteiger charge is -2.31. The van der Waals surface area contributed by atoms with E-state index in [0.29, 0.717) is 41.4 Å². The zero-order chi connectivity index (χ0) is 19.4. The van der Waals surface area contributed by atoms with E-state index in [1.54, 1.807) is 41.8 Å². The van der Waals surface area contributed by atoms with E-state index in [2.05, 4.69) is 10.6 Å². The number of carbonyl (C=O) groups is 2. The van der Waals surface area contributed by atoms with Crippen LogP contribution in [0.1, 0.15) is 30.1 Å². The van der Waals surface area contributed by atoms with Crippen molar-refractivity contribution in [2.24, 2.45) is 0 Å². The van der Waals surface area contributed by atoms with E-state index in [1.807, 2.05) is 0 Å². The van der Waals surface area contributed by atoms with Gasteiger partial charge in [0.15, 0.2) is 0 Å². The maximum Gasteiger partial charge on any atom is 0.252 e. The summed E-state index contributed by atoms with van der Waals surface area (Å²) >= 11 is 1.21. The Labute approximate surface area is 162 Å². The van der Waals surface area contributed by atoms with Crippen LogP contribution in [0.15, 0.2) is 46.0 Å². The number of thiophene rings is 1. The standard InChI is InChI=1S/C18H21N3O4S2/c1-13(22)19-16-5-2-4-14(12-16)18(23)20-15-7-9-21(10-8-15)27(24,25)17-6-3-11-26-17/h2-6,11-12,15H,7-10H2,1H3,(H,19,22)(H,20,23). The molecule has 0 bridgehead atoms. The summed E-state index contributed by atoms with van der Waals surface area (Å²) in [4.78, 5) is 23.6. The van der Waals surface area contributed by atoms with Crippen molar-refractivity contribution in [2.75, 3.05) is 18.4 Å². The van der Waals surface area contributed by atoms with Crippen LogP contribution >= 0.6 is 11.3 Å². The van der Waals surface area contributed by atoms with E-state index in [4.69, 9.17) is 0 Å². The van der Waals surface area contributed by atoms with Gasteiger partial charge in [0.25, 0.3) is 15.9 Å². The van der Waals surface area contributed by atoms with Gasteiger partial charge in [-0.05, 0) is 42.5 Å². The number of benzene rings is 1. The molecule has 2 N–H and O–H groups in total. The second-order valence-electron chi connectivity index (χ2n) is 6.35. The van der Waals surface area contributed by atoms with Gasteiger partial charge >= 0.3 is 0 Å². The number of carbonyl (C=O) groups excluding carboxylic acids is 2. The molecule has 2 heterocycles. The molecule has 1 aliphatic rings. The van der Waals surface area contributed by atoms with Gasteiger partial charge in [0.1, 0.15) is 4.21 Å². The number of sulfonamides is 1. The largest absolute Gasteiger partial charge is 0.349 e. The first-order valence-electron chi connectivity index (χ1n) is 8.58. The molecule has 2 aromatic rings. The fourth-order valence-corrected chi connectivity index (χ4v) is 5.60. The second kappa shape index (κ2) is 8.20. The molecule has 27 heavy (non-hydrogen) atoms. The zero-order valence-electron chi connectivity index (χ0n) is 14.8. The van der Waals surface area contributed by atoms with E-state index in [-0.39, 0.29) is 17.9 Å². The third kappa shape index (κ3) is 4.74. The Hall–Kier alpha value is -2.23. The van der Waals surface area contributed by atoms with Crippen molar-refractivity contribution >= 4 is 38.9 Å². The maximum atomic E-state index is 12.5. The SMILES string of the molecule is CC(=O)Nc1cccc(C(=O)NC2CCN(S(=O)(=O)c3cccs3)CC2)c1. The Bertz CT molecular complexity index is 918. The number of hydrogen-bond donors (Lipinski definition) is 2. The molecule has 1 saturated heterocycles. The van der Waals surface area contributed by atoms with Gasteiger partial charge in [0.2, 0.25) is 5.91 Å². The summed E-state index contributed by atoms with van der Waals surface area (Å²) in [5.41, 5.74) is 1.02. The monoisotopic (exact) mass is 407 g/mol. The minimum atomic E-state index is -3.44. The summed E-state index contributed by atoms with van der Waals surface area (Å²) < 4.78 is 26.9. The molecule has 9 heteroatoms. The molecular formula is C18H21N3O4S2. The van der Waals surface area contributed by atoms with Gasteiger partial charge in [0, 0.05) is 37.3 Å². The molecule has 0 atom stereocenters. The van der Waals surface area contributed by atoms with E-state index in [1.165, 1.54) is 22.6 Å². The first-order chi connectivity index (χ1) is 12.9. The number of amides is 2. The highest BCUT2D eigenvalue weighted by atomic mass is 32.2. The quantitative estimate of drug-likeness (QED) is 0.795. The van der Waals surface area contributed by atoms with Gasteiger partial charge in [-0.25, -0.2) is 8.42 Å². The molecule has 0 unspecified atom stereocenters. The van der Waals surface area contributed by atoms with Gasteiger partial charge in [-0.15, -0.1) is 11.3 Å². The first kappa shape index (κ1) is 19.5. The van der Waals surface area contributed by atoms with Crippen LogP contribution in [0, 0.1) is 0 Å². The summed E-state index contributed by atoms with van der Waals surface area (Å²) in [6.45, 7) is 2.15. The molecule has 1 aromatic heterocycles. The second-order valence-corrected chi connectivity index (χ2v) is 9.46. The number of hydrogen-bond acceptors (Lipinski definition) is 5. The molecule has 0 radical (unpaired) electrons. The molecule has 0 spiro atoms. The fourth-order valence-electron chi connectivity index (χ4n) is 2.99. The third-order valence-electron chi connectivity index (χ3n) is 4.32. The lowest BCUT2D eigenvalue weighted by molar-refractivity contribution is -0.114. The predicted molar refractivity (Wildman–Crippen MR) is 104 cm³/mol. The van der Waals surface area contributed by atoms with E-state index in [0.717, 1.165) is 0 Å². The summed E-state index contributed by atoms with van der Waals surface area (Å²) in [5.74, 6) is -0.436. The molecule has 1 fully saturated rings. The fraction of sp³-hybridized carbons (Fsp3) is 0.333. The molecule has 2 amide bonds. The highest BCUT2D eigenvalue weighted by Crippen LogP contribution is 2.24. The lowest BCUT2D eigenvalue weighted by atomic mass is 10.1. The molecule has 7 nitrogen and oxygen atoms in total. The van der Waals surface area contributed by atoms with Gasteiger partial charge in [-0.2, -0.15) is 4.31 Å². The minimum Gasteiger partial charge on any atom is -0.349 e. The molecular weight excluding hydrogens is 386 g/mol. The molecule has 0 saturated carbocycles. The van der Waals surface area contributed by atoms with E-state index < -0.39 is 10.0 Å². The Morgan fingerprint density at radius 1 is 1.15 bits per heavy atom. The van der Waals surface area contributed by atoms with Crippen molar-refractivity contribution in [3.8, 4) is 0 Å². The smallest absolute Gasteiger partial charge is 0.252 e. The topological polar surface area (TPSA) is 95.6 Å². The van der Waals surface area contributed by atoms with Crippen molar-refractivity contribution < 1.29 is 18.0 Å². The molecule has 0 aliphatic carbocycles. The minimum absolute atomic E-state index is 0.0864. The Morgan fingerprint density at radius 2 is 1.89 bits per heavy atom. The third-order valence-corrected chi connectivity index (χ3v) is 7.60. The first-order valence-corrected chi connectivity index (χ1v) is 10.9. The summed E-state index contributed by atoms with van der Waals surface area (Å²) in [7, 11) is -3.44. The van der Waals surface area contributed by atoms with Crippen molar-refractivity contribution in [3.63, 3.8) is 0 Å². The van der Waals surface area contributed by atoms with Crippen LogP contribution in [0.4, 0.5) is 5.69 Å². The van der Waals surface area contributed by atoms with Crippen LogP contribution in [-0.4, -0.2) is 43.7 Å².